The monoisotopic (exact) mass is 306 g/mol. The van der Waals surface area contributed by atoms with E-state index in [2.05, 4.69) is 5.32 Å². The largest absolute Gasteiger partial charge is 0.347 e. The van der Waals surface area contributed by atoms with E-state index in [1.807, 2.05) is 65.1 Å². The Balaban J connectivity index is 2.64. The minimum absolute atomic E-state index is 0.00717. The second kappa shape index (κ2) is 7.40. The third-order valence-corrected chi connectivity index (χ3v) is 3.54. The average molecular weight is 306 g/mol. The number of carbonyl (C=O) groups is 2. The first kappa shape index (κ1) is 18.2. The number of rotatable bonds is 5. The van der Waals surface area contributed by atoms with E-state index in [0.717, 1.165) is 10.6 Å². The maximum atomic E-state index is 12.5. The van der Waals surface area contributed by atoms with Gasteiger partial charge < -0.3 is 15.1 Å². The summed E-state index contributed by atoms with van der Waals surface area (Å²) < 4.78 is 0. The Kier molecular flexibility index (Phi) is 6.11. The maximum Gasteiger partial charge on any atom is 0.284 e. The normalized spacial score (nSPS) is 14.1. The molecule has 22 heavy (non-hydrogen) atoms. The lowest BCUT2D eigenvalue weighted by Gasteiger charge is -2.27. The van der Waals surface area contributed by atoms with Crippen LogP contribution in [0.3, 0.4) is 0 Å². The maximum absolute atomic E-state index is 12.5. The van der Waals surface area contributed by atoms with Crippen LogP contribution in [0.15, 0.2) is 30.3 Å². The molecule has 0 bridgehead atoms. The molecule has 5 heteroatoms. The van der Waals surface area contributed by atoms with Crippen LogP contribution < -0.4 is 15.1 Å². The van der Waals surface area contributed by atoms with Gasteiger partial charge in [0, 0.05) is 18.3 Å². The Bertz CT molecular complexity index is 508. The number of para-hydroxylation sites is 1. The molecule has 0 aliphatic heterocycles. The summed E-state index contributed by atoms with van der Waals surface area (Å²) in [5.74, 6) is -0.0562. The molecule has 2 amide bonds. The number of nitrogens with one attached hydrogen (secondary N) is 2. The Morgan fingerprint density at radius 2 is 1.77 bits per heavy atom. The van der Waals surface area contributed by atoms with Gasteiger partial charge in [0.05, 0.1) is 7.05 Å². The first-order valence-electron chi connectivity index (χ1n) is 7.58. The highest BCUT2D eigenvalue weighted by molar-refractivity contribution is 5.95. The highest BCUT2D eigenvalue weighted by atomic mass is 16.2. The molecular weight excluding hydrogens is 278 g/mol. The molecule has 122 valence electrons. The van der Waals surface area contributed by atoms with Crippen molar-refractivity contribution in [2.24, 2.45) is 0 Å². The van der Waals surface area contributed by atoms with Crippen LogP contribution in [0.5, 0.6) is 0 Å². The van der Waals surface area contributed by atoms with Crippen LogP contribution in [-0.4, -0.2) is 44.0 Å². The zero-order chi connectivity index (χ0) is 16.9. The molecule has 0 radical (unpaired) electrons. The first-order chi connectivity index (χ1) is 10.1. The summed E-state index contributed by atoms with van der Waals surface area (Å²) in [7, 11) is 3.63. The van der Waals surface area contributed by atoms with Crippen molar-refractivity contribution in [1.82, 2.24) is 5.32 Å². The molecule has 0 saturated heterocycles. The molecule has 0 saturated carbocycles. The van der Waals surface area contributed by atoms with Crippen molar-refractivity contribution in [2.75, 3.05) is 25.5 Å². The molecule has 0 aliphatic carbocycles. The zero-order valence-corrected chi connectivity index (χ0v) is 14.4. The van der Waals surface area contributed by atoms with Gasteiger partial charge in [0.15, 0.2) is 12.6 Å². The van der Waals surface area contributed by atoms with Gasteiger partial charge in [-0.25, -0.2) is 0 Å². The van der Waals surface area contributed by atoms with E-state index < -0.39 is 0 Å². The van der Waals surface area contributed by atoms with E-state index in [-0.39, 0.29) is 29.9 Å². The Hall–Kier alpha value is -1.88. The summed E-state index contributed by atoms with van der Waals surface area (Å²) in [6, 6.07) is 9.21. The van der Waals surface area contributed by atoms with Crippen LogP contribution in [-0.2, 0) is 9.59 Å². The van der Waals surface area contributed by atoms with E-state index in [9.17, 15) is 9.59 Å². The number of carbonyl (C=O) groups excluding carboxylic acids is 2. The van der Waals surface area contributed by atoms with E-state index in [0.29, 0.717) is 0 Å². The molecule has 0 spiro atoms. The first-order valence-corrected chi connectivity index (χ1v) is 7.58. The van der Waals surface area contributed by atoms with Crippen molar-refractivity contribution in [2.45, 2.75) is 39.3 Å². The molecule has 0 aliphatic rings. The summed E-state index contributed by atoms with van der Waals surface area (Å²) >= 11 is 0. The zero-order valence-electron chi connectivity index (χ0n) is 14.4. The van der Waals surface area contributed by atoms with Gasteiger partial charge in [-0.15, -0.1) is 0 Å². The summed E-state index contributed by atoms with van der Waals surface area (Å²) in [6.07, 6.45) is 0. The number of nitrogens with zero attached hydrogens (tertiary/aromatic N) is 1. The number of hydrogen-bond acceptors (Lipinski definition) is 2. The number of hydrogen-bond donors (Lipinski definition) is 2. The lowest BCUT2D eigenvalue weighted by molar-refractivity contribution is -0.885. The van der Waals surface area contributed by atoms with Gasteiger partial charge in [0.25, 0.3) is 11.8 Å². The smallest absolute Gasteiger partial charge is 0.284 e. The molecule has 1 aromatic rings. The van der Waals surface area contributed by atoms with Crippen molar-refractivity contribution < 1.29 is 14.5 Å². The minimum atomic E-state index is -0.295. The molecule has 2 atom stereocenters. The highest BCUT2D eigenvalue weighted by Gasteiger charge is 2.28. The van der Waals surface area contributed by atoms with Gasteiger partial charge in [0.1, 0.15) is 0 Å². The SMILES string of the molecule is C[C@H](C(=O)N(C)c1ccccc1)[NH+](C)CC(=O)NC(C)(C)C. The van der Waals surface area contributed by atoms with Gasteiger partial charge in [0.2, 0.25) is 0 Å². The lowest BCUT2D eigenvalue weighted by Crippen LogP contribution is -3.15. The molecule has 0 aromatic heterocycles. The fourth-order valence-corrected chi connectivity index (χ4v) is 2.15. The molecule has 5 nitrogen and oxygen atoms in total. The third-order valence-electron chi connectivity index (χ3n) is 3.54. The average Bonchev–Trinajstić information content (AvgIpc) is 2.43. The van der Waals surface area contributed by atoms with Crippen LogP contribution in [0.1, 0.15) is 27.7 Å². The van der Waals surface area contributed by atoms with E-state index in [4.69, 9.17) is 0 Å². The van der Waals surface area contributed by atoms with Crippen LogP contribution in [0.2, 0.25) is 0 Å². The summed E-state index contributed by atoms with van der Waals surface area (Å²) in [6.45, 7) is 7.95. The van der Waals surface area contributed by atoms with Crippen molar-refractivity contribution in [3.63, 3.8) is 0 Å². The molecular formula is C17H28N3O2+. The molecule has 0 heterocycles. The summed E-state index contributed by atoms with van der Waals surface area (Å²) in [5.41, 5.74) is 0.595. The van der Waals surface area contributed by atoms with Gasteiger partial charge in [-0.2, -0.15) is 0 Å². The Labute approximate surface area is 133 Å². The van der Waals surface area contributed by atoms with Crippen LogP contribution >= 0.6 is 0 Å². The third kappa shape index (κ3) is 5.48. The standard InChI is InChI=1S/C17H27N3O2/c1-13(19(5)12-15(21)18-17(2,3)4)16(22)20(6)14-10-8-7-9-11-14/h7-11,13H,12H2,1-6H3,(H,18,21)/p+1/t13-/m1/s1. The molecule has 2 N–H and O–H groups in total. The van der Waals surface area contributed by atoms with Gasteiger partial charge >= 0.3 is 0 Å². The fourth-order valence-electron chi connectivity index (χ4n) is 2.15. The van der Waals surface area contributed by atoms with Gasteiger partial charge in [-0.1, -0.05) is 18.2 Å². The minimum Gasteiger partial charge on any atom is -0.347 e. The van der Waals surface area contributed by atoms with E-state index in [1.165, 1.54) is 0 Å². The van der Waals surface area contributed by atoms with E-state index >= 15 is 0 Å². The van der Waals surface area contributed by atoms with Crippen LogP contribution in [0.4, 0.5) is 5.69 Å². The van der Waals surface area contributed by atoms with Crippen molar-refractivity contribution in [3.05, 3.63) is 30.3 Å². The van der Waals surface area contributed by atoms with Crippen molar-refractivity contribution >= 4 is 17.5 Å². The molecule has 1 unspecified atom stereocenters. The van der Waals surface area contributed by atoms with E-state index in [1.54, 1.807) is 11.9 Å². The quantitative estimate of drug-likeness (QED) is 0.831. The number of benzene rings is 1. The molecule has 1 rings (SSSR count). The van der Waals surface area contributed by atoms with Crippen molar-refractivity contribution in [1.29, 1.82) is 0 Å². The number of amides is 2. The second-order valence-corrected chi connectivity index (χ2v) is 6.78. The second-order valence-electron chi connectivity index (χ2n) is 6.78. The Morgan fingerprint density at radius 3 is 2.27 bits per heavy atom. The van der Waals surface area contributed by atoms with Gasteiger partial charge in [-0.05, 0) is 39.8 Å². The van der Waals surface area contributed by atoms with Crippen LogP contribution in [0.25, 0.3) is 0 Å². The number of quaternary nitrogens is 1. The summed E-state index contributed by atoms with van der Waals surface area (Å²) in [5, 5.41) is 2.92. The van der Waals surface area contributed by atoms with Crippen LogP contribution in [0, 0.1) is 0 Å². The highest BCUT2D eigenvalue weighted by Crippen LogP contribution is 2.11. The predicted molar refractivity (Wildman–Crippen MR) is 89.0 cm³/mol. The topological polar surface area (TPSA) is 53.9 Å². The van der Waals surface area contributed by atoms with Gasteiger partial charge in [-0.3, -0.25) is 9.59 Å². The fraction of sp³-hybridized carbons (Fsp3) is 0.529. The molecule has 0 fully saturated rings. The Morgan fingerprint density at radius 1 is 1.23 bits per heavy atom. The number of likely N-dealkylation sites (N-methyl/N-ethyl adjacent to an activating group) is 2. The van der Waals surface area contributed by atoms with Crippen molar-refractivity contribution in [3.8, 4) is 0 Å². The summed E-state index contributed by atoms with van der Waals surface area (Å²) in [4.78, 5) is 27.0. The predicted octanol–water partition coefficient (Wildman–Crippen LogP) is 0.467. The lowest BCUT2D eigenvalue weighted by atomic mass is 10.1. The number of anilines is 1. The molecule has 1 aromatic carbocycles.